The topological polar surface area (TPSA) is 0 Å². The van der Waals surface area contributed by atoms with Crippen LogP contribution < -0.4 is 0 Å². The third-order valence-corrected chi connectivity index (χ3v) is 2.18. The molecule has 0 aromatic rings. The minimum Gasteiger partial charge on any atom is -0.0529 e. The molecule has 0 spiro atoms. The predicted octanol–water partition coefficient (Wildman–Crippen LogP) is 1.33. The molecule has 0 bridgehead atoms. The van der Waals surface area contributed by atoms with Gasteiger partial charge in [-0.3, -0.25) is 0 Å². The number of hydrogen-bond donors (Lipinski definition) is 0. The van der Waals surface area contributed by atoms with Crippen molar-refractivity contribution in [2.45, 2.75) is 37.4 Å². The Bertz CT molecular complexity index is 46.1. The fourth-order valence-corrected chi connectivity index (χ4v) is 1.51. The van der Waals surface area contributed by atoms with E-state index in [1.807, 2.05) is 0 Å². The Morgan fingerprint density at radius 3 is 1.86 bits per heavy atom. The van der Waals surface area contributed by atoms with Crippen molar-refractivity contribution in [3.05, 3.63) is 0 Å². The molecule has 0 aromatic heterocycles. The SMILES string of the molecule is [SH2+]C1CCCCC1. The highest BCUT2D eigenvalue weighted by Gasteiger charge is 2.11. The summed E-state index contributed by atoms with van der Waals surface area (Å²) in [5, 5.41) is 0.841. The van der Waals surface area contributed by atoms with E-state index in [0.717, 1.165) is 5.25 Å². The molecule has 1 aliphatic rings. The lowest BCUT2D eigenvalue weighted by Gasteiger charge is -2.10. The molecule has 0 atom stereocenters. The number of rotatable bonds is 0. The molecule has 1 heteroatoms. The minimum atomic E-state index is 0.841. The van der Waals surface area contributed by atoms with Crippen molar-refractivity contribution in [1.82, 2.24) is 0 Å². The first-order valence-corrected chi connectivity index (χ1v) is 3.68. The summed E-state index contributed by atoms with van der Waals surface area (Å²) < 4.78 is 0. The lowest BCUT2D eigenvalue weighted by Crippen LogP contribution is -2.07. The highest BCUT2D eigenvalue weighted by Crippen LogP contribution is 2.17. The van der Waals surface area contributed by atoms with E-state index in [0.29, 0.717) is 0 Å². The largest absolute Gasteiger partial charge is 0.113 e. The van der Waals surface area contributed by atoms with Gasteiger partial charge in [-0.2, -0.15) is 0 Å². The molecule has 0 aromatic carbocycles. The molecule has 0 unspecified atom stereocenters. The molecule has 1 aliphatic carbocycles. The van der Waals surface area contributed by atoms with Gasteiger partial charge in [0.05, 0.1) is 0 Å². The molecule has 1 fully saturated rings. The molecule has 1 saturated carbocycles. The van der Waals surface area contributed by atoms with Crippen LogP contribution in [0.25, 0.3) is 0 Å². The normalized spacial score (nSPS) is 25.3. The van der Waals surface area contributed by atoms with Gasteiger partial charge in [-0.25, -0.2) is 0 Å². The van der Waals surface area contributed by atoms with Crippen LogP contribution in [-0.2, 0) is 12.6 Å². The average Bonchev–Trinajstić information content (AvgIpc) is 1.69. The standard InChI is InChI=1S/C6H12S/c7-6-4-2-1-3-5-6/h6-7H,1-5H2/p+1. The summed E-state index contributed by atoms with van der Waals surface area (Å²) in [5.74, 6) is 0. The van der Waals surface area contributed by atoms with Crippen molar-refractivity contribution in [1.29, 1.82) is 0 Å². The lowest BCUT2D eigenvalue weighted by molar-refractivity contribution is 0.517. The van der Waals surface area contributed by atoms with Crippen LogP contribution in [0.4, 0.5) is 0 Å². The van der Waals surface area contributed by atoms with Crippen molar-refractivity contribution < 1.29 is 0 Å². The molecule has 0 saturated heterocycles. The van der Waals surface area contributed by atoms with Crippen molar-refractivity contribution in [2.75, 3.05) is 0 Å². The minimum absolute atomic E-state index is 0.841. The summed E-state index contributed by atoms with van der Waals surface area (Å²) in [5.41, 5.74) is 0. The summed E-state index contributed by atoms with van der Waals surface area (Å²) in [6.45, 7) is 0. The van der Waals surface area contributed by atoms with Gasteiger partial charge in [0.2, 0.25) is 0 Å². The van der Waals surface area contributed by atoms with E-state index in [9.17, 15) is 0 Å². The summed E-state index contributed by atoms with van der Waals surface area (Å²) in [6.07, 6.45) is 7.14. The van der Waals surface area contributed by atoms with Crippen LogP contribution in [-0.4, -0.2) is 5.25 Å². The van der Waals surface area contributed by atoms with Crippen LogP contribution in [0.15, 0.2) is 0 Å². The molecule has 0 nitrogen and oxygen atoms in total. The van der Waals surface area contributed by atoms with E-state index in [1.165, 1.54) is 32.1 Å². The smallest absolute Gasteiger partial charge is 0.0529 e. The van der Waals surface area contributed by atoms with Gasteiger partial charge >= 0.3 is 0 Å². The Labute approximate surface area is 50.7 Å². The fourth-order valence-electron chi connectivity index (χ4n) is 1.10. The van der Waals surface area contributed by atoms with Crippen LogP contribution in [0.3, 0.4) is 0 Å². The summed E-state index contributed by atoms with van der Waals surface area (Å²) in [7, 11) is 0. The Morgan fingerprint density at radius 1 is 1.00 bits per heavy atom. The molecule has 42 valence electrons. The maximum atomic E-state index is 3.63. The van der Waals surface area contributed by atoms with Gasteiger partial charge in [-0.1, -0.05) is 6.42 Å². The van der Waals surface area contributed by atoms with Gasteiger partial charge < -0.3 is 0 Å². The van der Waals surface area contributed by atoms with E-state index >= 15 is 0 Å². The van der Waals surface area contributed by atoms with Gasteiger partial charge in [-0.05, 0) is 38.3 Å². The molecular formula is C6H13S+. The zero-order valence-corrected chi connectivity index (χ0v) is 5.61. The Morgan fingerprint density at radius 2 is 1.57 bits per heavy atom. The Balaban J connectivity index is 2.12. The van der Waals surface area contributed by atoms with Crippen LogP contribution in [0.2, 0.25) is 0 Å². The summed E-state index contributed by atoms with van der Waals surface area (Å²) in [4.78, 5) is 0. The first-order chi connectivity index (χ1) is 3.39. The predicted molar refractivity (Wildman–Crippen MR) is 37.0 cm³/mol. The van der Waals surface area contributed by atoms with Crippen molar-refractivity contribution in [3.8, 4) is 0 Å². The highest BCUT2D eigenvalue weighted by atomic mass is 32.1. The van der Waals surface area contributed by atoms with Crippen molar-refractivity contribution in [3.63, 3.8) is 0 Å². The average molecular weight is 117 g/mol. The second kappa shape index (κ2) is 2.61. The van der Waals surface area contributed by atoms with Gasteiger partial charge in [0, 0.05) is 0 Å². The lowest BCUT2D eigenvalue weighted by atomic mass is 10.0. The summed E-state index contributed by atoms with van der Waals surface area (Å²) >= 11 is 3.63. The zero-order valence-electron chi connectivity index (χ0n) is 4.61. The highest BCUT2D eigenvalue weighted by molar-refractivity contribution is 7.59. The van der Waals surface area contributed by atoms with E-state index in [1.54, 1.807) is 0 Å². The first-order valence-electron chi connectivity index (χ1n) is 3.11. The number of hydrogen-bond acceptors (Lipinski definition) is 0. The molecule has 0 N–H and O–H groups in total. The second-order valence-corrected chi connectivity index (χ2v) is 3.15. The van der Waals surface area contributed by atoms with Crippen LogP contribution in [0, 0.1) is 0 Å². The Kier molecular flexibility index (Phi) is 2.04. The quantitative estimate of drug-likeness (QED) is 0.420. The summed E-state index contributed by atoms with van der Waals surface area (Å²) in [6, 6.07) is 0. The fraction of sp³-hybridized carbons (Fsp3) is 1.00. The second-order valence-electron chi connectivity index (χ2n) is 2.33. The molecule has 1 rings (SSSR count). The Hall–Kier alpha value is 0.350. The zero-order chi connectivity index (χ0) is 5.11. The molecular weight excluding hydrogens is 104 g/mol. The van der Waals surface area contributed by atoms with Crippen LogP contribution in [0.5, 0.6) is 0 Å². The van der Waals surface area contributed by atoms with Crippen molar-refractivity contribution >= 4 is 12.6 Å². The van der Waals surface area contributed by atoms with Crippen LogP contribution in [0.1, 0.15) is 32.1 Å². The molecule has 0 aliphatic heterocycles. The van der Waals surface area contributed by atoms with Gasteiger partial charge in [-0.15, -0.1) is 0 Å². The van der Waals surface area contributed by atoms with Gasteiger partial charge in [0.1, 0.15) is 5.25 Å². The monoisotopic (exact) mass is 117 g/mol. The van der Waals surface area contributed by atoms with Crippen molar-refractivity contribution in [2.24, 2.45) is 0 Å². The van der Waals surface area contributed by atoms with Crippen LogP contribution >= 0.6 is 0 Å². The third kappa shape index (κ3) is 1.72. The van der Waals surface area contributed by atoms with E-state index < -0.39 is 0 Å². The first kappa shape index (κ1) is 5.49. The maximum absolute atomic E-state index is 3.63. The molecule has 0 heterocycles. The third-order valence-electron chi connectivity index (χ3n) is 1.61. The molecule has 0 amide bonds. The van der Waals surface area contributed by atoms with Gasteiger partial charge in [0.25, 0.3) is 0 Å². The van der Waals surface area contributed by atoms with Gasteiger partial charge in [0.15, 0.2) is 0 Å². The van der Waals surface area contributed by atoms with E-state index in [2.05, 4.69) is 12.6 Å². The molecule has 7 heavy (non-hydrogen) atoms. The molecule has 0 radical (unpaired) electrons. The maximum Gasteiger partial charge on any atom is 0.113 e. The van der Waals surface area contributed by atoms with E-state index in [-0.39, 0.29) is 0 Å². The van der Waals surface area contributed by atoms with E-state index in [4.69, 9.17) is 0 Å².